The molecule has 0 amide bonds. The molecule has 0 atom stereocenters. The summed E-state index contributed by atoms with van der Waals surface area (Å²) < 4.78 is 0. The SMILES string of the molecule is CCCCNC(N)=NCc1cccc(C)n1. The molecule has 0 fully saturated rings. The summed E-state index contributed by atoms with van der Waals surface area (Å²) in [6, 6.07) is 5.90. The van der Waals surface area contributed by atoms with E-state index in [0.29, 0.717) is 12.5 Å². The first-order valence-corrected chi connectivity index (χ1v) is 5.68. The minimum atomic E-state index is 0.497. The van der Waals surface area contributed by atoms with Gasteiger partial charge in [0.15, 0.2) is 5.96 Å². The van der Waals surface area contributed by atoms with E-state index < -0.39 is 0 Å². The fourth-order valence-corrected chi connectivity index (χ4v) is 1.30. The average Bonchev–Trinajstić information content (AvgIpc) is 2.27. The second kappa shape index (κ2) is 6.82. The first-order valence-electron chi connectivity index (χ1n) is 5.68. The molecule has 88 valence electrons. The molecule has 1 rings (SSSR count). The molecule has 4 nitrogen and oxygen atoms in total. The molecule has 0 aliphatic rings. The minimum Gasteiger partial charge on any atom is -0.370 e. The van der Waals surface area contributed by atoms with Crippen molar-refractivity contribution in [2.45, 2.75) is 33.2 Å². The summed E-state index contributed by atoms with van der Waals surface area (Å²) in [5.74, 6) is 0.497. The summed E-state index contributed by atoms with van der Waals surface area (Å²) in [5.41, 5.74) is 7.66. The lowest BCUT2D eigenvalue weighted by atomic mass is 10.3. The smallest absolute Gasteiger partial charge is 0.188 e. The summed E-state index contributed by atoms with van der Waals surface area (Å²) in [4.78, 5) is 8.58. The monoisotopic (exact) mass is 220 g/mol. The number of hydrogen-bond acceptors (Lipinski definition) is 2. The maximum Gasteiger partial charge on any atom is 0.188 e. The van der Waals surface area contributed by atoms with Gasteiger partial charge >= 0.3 is 0 Å². The Balaban J connectivity index is 2.40. The first-order chi connectivity index (χ1) is 7.72. The average molecular weight is 220 g/mol. The Bertz CT molecular complexity index is 347. The zero-order valence-corrected chi connectivity index (χ0v) is 10.0. The molecule has 0 radical (unpaired) electrons. The number of aryl methyl sites for hydroxylation is 1. The Kier molecular flexibility index (Phi) is 5.32. The Labute approximate surface area is 97.0 Å². The van der Waals surface area contributed by atoms with Gasteiger partial charge in [-0.15, -0.1) is 0 Å². The summed E-state index contributed by atoms with van der Waals surface area (Å²) in [7, 11) is 0. The standard InChI is InChI=1S/C12H20N4/c1-3-4-8-14-12(13)15-9-11-7-5-6-10(2)16-11/h5-7H,3-4,8-9H2,1-2H3,(H3,13,14,15). The number of unbranched alkanes of at least 4 members (excludes halogenated alkanes) is 1. The number of rotatable bonds is 5. The molecular weight excluding hydrogens is 200 g/mol. The summed E-state index contributed by atoms with van der Waals surface area (Å²) >= 11 is 0. The molecule has 1 aromatic rings. The summed E-state index contributed by atoms with van der Waals surface area (Å²) in [5, 5.41) is 3.07. The number of nitrogens with two attached hydrogens (primary N) is 1. The van der Waals surface area contributed by atoms with Crippen molar-refractivity contribution in [2.24, 2.45) is 10.7 Å². The summed E-state index contributed by atoms with van der Waals surface area (Å²) in [6.07, 6.45) is 2.26. The Morgan fingerprint density at radius 1 is 1.50 bits per heavy atom. The predicted octanol–water partition coefficient (Wildman–Crippen LogP) is 1.59. The Morgan fingerprint density at radius 3 is 3.00 bits per heavy atom. The molecule has 0 saturated heterocycles. The number of nitrogens with zero attached hydrogens (tertiary/aromatic N) is 2. The van der Waals surface area contributed by atoms with Crippen LogP contribution in [0.4, 0.5) is 0 Å². The van der Waals surface area contributed by atoms with Crippen LogP contribution < -0.4 is 11.1 Å². The molecule has 0 aromatic carbocycles. The van der Waals surface area contributed by atoms with Crippen molar-refractivity contribution >= 4 is 5.96 Å². The molecule has 0 bridgehead atoms. The van der Waals surface area contributed by atoms with Crippen LogP contribution in [0.3, 0.4) is 0 Å². The van der Waals surface area contributed by atoms with Crippen molar-refractivity contribution in [3.05, 3.63) is 29.6 Å². The highest BCUT2D eigenvalue weighted by molar-refractivity contribution is 5.77. The number of hydrogen-bond donors (Lipinski definition) is 2. The van der Waals surface area contributed by atoms with E-state index in [-0.39, 0.29) is 0 Å². The number of aliphatic imine (C=N–C) groups is 1. The van der Waals surface area contributed by atoms with Gasteiger partial charge in [0.25, 0.3) is 0 Å². The third kappa shape index (κ3) is 4.77. The molecule has 0 unspecified atom stereocenters. The van der Waals surface area contributed by atoms with Crippen molar-refractivity contribution in [2.75, 3.05) is 6.54 Å². The van der Waals surface area contributed by atoms with Crippen LogP contribution in [0, 0.1) is 6.92 Å². The number of aromatic nitrogens is 1. The van der Waals surface area contributed by atoms with Crippen molar-refractivity contribution < 1.29 is 0 Å². The molecule has 4 heteroatoms. The largest absolute Gasteiger partial charge is 0.370 e. The van der Waals surface area contributed by atoms with E-state index in [0.717, 1.165) is 30.8 Å². The van der Waals surface area contributed by atoms with E-state index in [1.807, 2.05) is 25.1 Å². The first kappa shape index (κ1) is 12.5. The lowest BCUT2D eigenvalue weighted by Gasteiger charge is -2.04. The van der Waals surface area contributed by atoms with Gasteiger partial charge in [-0.05, 0) is 25.5 Å². The lowest BCUT2D eigenvalue weighted by Crippen LogP contribution is -2.32. The van der Waals surface area contributed by atoms with Gasteiger partial charge in [-0.1, -0.05) is 19.4 Å². The molecule has 1 aromatic heterocycles. The minimum absolute atomic E-state index is 0.497. The third-order valence-corrected chi connectivity index (χ3v) is 2.19. The van der Waals surface area contributed by atoms with Gasteiger partial charge in [-0.25, -0.2) is 4.99 Å². The van der Waals surface area contributed by atoms with Crippen LogP contribution in [0.15, 0.2) is 23.2 Å². The highest BCUT2D eigenvalue weighted by atomic mass is 15.1. The van der Waals surface area contributed by atoms with Crippen LogP contribution in [0.1, 0.15) is 31.2 Å². The topological polar surface area (TPSA) is 63.3 Å². The van der Waals surface area contributed by atoms with Gasteiger partial charge in [0.05, 0.1) is 12.2 Å². The van der Waals surface area contributed by atoms with Gasteiger partial charge in [0.1, 0.15) is 0 Å². The lowest BCUT2D eigenvalue weighted by molar-refractivity contribution is 0.747. The number of pyridine rings is 1. The van der Waals surface area contributed by atoms with E-state index in [4.69, 9.17) is 5.73 Å². The molecule has 16 heavy (non-hydrogen) atoms. The molecule has 0 spiro atoms. The second-order valence-corrected chi connectivity index (χ2v) is 3.75. The molecule has 1 heterocycles. The number of nitrogens with one attached hydrogen (secondary N) is 1. The highest BCUT2D eigenvalue weighted by Crippen LogP contribution is 1.99. The van der Waals surface area contributed by atoms with Crippen LogP contribution in [-0.4, -0.2) is 17.5 Å². The van der Waals surface area contributed by atoms with Gasteiger partial charge in [-0.2, -0.15) is 0 Å². The summed E-state index contributed by atoms with van der Waals surface area (Å²) in [6.45, 7) is 5.53. The Morgan fingerprint density at radius 2 is 2.31 bits per heavy atom. The van der Waals surface area contributed by atoms with Gasteiger partial charge in [-0.3, -0.25) is 4.98 Å². The quantitative estimate of drug-likeness (QED) is 0.450. The maximum atomic E-state index is 5.71. The van der Waals surface area contributed by atoms with Crippen LogP contribution in [0.25, 0.3) is 0 Å². The molecule has 3 N–H and O–H groups in total. The fourth-order valence-electron chi connectivity index (χ4n) is 1.30. The van der Waals surface area contributed by atoms with Crippen molar-refractivity contribution in [3.8, 4) is 0 Å². The second-order valence-electron chi connectivity index (χ2n) is 3.75. The van der Waals surface area contributed by atoms with Crippen molar-refractivity contribution in [1.82, 2.24) is 10.3 Å². The molecular formula is C12H20N4. The molecule has 0 aliphatic heterocycles. The van der Waals surface area contributed by atoms with Crippen LogP contribution in [0.2, 0.25) is 0 Å². The van der Waals surface area contributed by atoms with Crippen molar-refractivity contribution in [1.29, 1.82) is 0 Å². The molecule has 0 aliphatic carbocycles. The predicted molar refractivity (Wildman–Crippen MR) is 67.2 cm³/mol. The zero-order chi connectivity index (χ0) is 11.8. The van der Waals surface area contributed by atoms with E-state index in [1.54, 1.807) is 0 Å². The fraction of sp³-hybridized carbons (Fsp3) is 0.500. The van der Waals surface area contributed by atoms with Gasteiger partial charge in [0, 0.05) is 12.2 Å². The van der Waals surface area contributed by atoms with Crippen LogP contribution >= 0.6 is 0 Å². The van der Waals surface area contributed by atoms with Gasteiger partial charge in [0.2, 0.25) is 0 Å². The van der Waals surface area contributed by atoms with Crippen LogP contribution in [-0.2, 0) is 6.54 Å². The number of guanidine groups is 1. The normalized spacial score (nSPS) is 11.5. The van der Waals surface area contributed by atoms with E-state index >= 15 is 0 Å². The highest BCUT2D eigenvalue weighted by Gasteiger charge is 1.94. The maximum absolute atomic E-state index is 5.71. The third-order valence-electron chi connectivity index (χ3n) is 2.19. The van der Waals surface area contributed by atoms with Crippen molar-refractivity contribution in [3.63, 3.8) is 0 Å². The van der Waals surface area contributed by atoms with E-state index in [9.17, 15) is 0 Å². The zero-order valence-electron chi connectivity index (χ0n) is 10.0. The van der Waals surface area contributed by atoms with Crippen LogP contribution in [0.5, 0.6) is 0 Å². The van der Waals surface area contributed by atoms with E-state index in [1.165, 1.54) is 0 Å². The Hall–Kier alpha value is -1.58. The van der Waals surface area contributed by atoms with E-state index in [2.05, 4.69) is 22.2 Å². The van der Waals surface area contributed by atoms with Gasteiger partial charge < -0.3 is 11.1 Å². The molecule has 0 saturated carbocycles.